The van der Waals surface area contributed by atoms with Gasteiger partial charge in [0.15, 0.2) is 0 Å². The number of nitro benzene ring substituents is 1. The lowest BCUT2D eigenvalue weighted by Gasteiger charge is -2.00. The maximum absolute atomic E-state index is 12.4. The molecule has 0 atom stereocenters. The lowest BCUT2D eigenvalue weighted by molar-refractivity contribution is -0.384. The van der Waals surface area contributed by atoms with E-state index in [9.17, 15) is 14.9 Å². The van der Waals surface area contributed by atoms with Gasteiger partial charge in [0.25, 0.3) is 5.69 Å². The molecule has 0 aliphatic rings. The van der Waals surface area contributed by atoms with Crippen LogP contribution in [0.5, 0.6) is 0 Å². The second-order valence-corrected chi connectivity index (χ2v) is 7.95. The summed E-state index contributed by atoms with van der Waals surface area (Å²) in [6.07, 6.45) is 6.47. The third kappa shape index (κ3) is 5.49. The fraction of sp³-hybridized carbons (Fsp3) is 0.0370. The molecule has 0 bridgehead atoms. The van der Waals surface area contributed by atoms with Crippen LogP contribution in [-0.2, 0) is 16.1 Å². The number of esters is 1. The standard InChI is InChI=1S/C27H20N6O4/c34-26(37-19-22-18-32(30-28-22)24-12-14-25(15-13-24)33(35)36)16-11-21-17-31(23-9-5-2-6-10-23)29-27(21)20-7-3-1-4-8-20/h1-18H,19H2/b16-11+. The number of benzene rings is 3. The number of nitro groups is 1. The van der Waals surface area contributed by atoms with Crippen LogP contribution in [0.25, 0.3) is 28.7 Å². The van der Waals surface area contributed by atoms with Gasteiger partial charge in [-0.25, -0.2) is 14.2 Å². The van der Waals surface area contributed by atoms with Crippen LogP contribution in [0.1, 0.15) is 11.3 Å². The maximum Gasteiger partial charge on any atom is 0.331 e. The third-order valence-electron chi connectivity index (χ3n) is 5.44. The zero-order chi connectivity index (χ0) is 25.6. The first-order valence-electron chi connectivity index (χ1n) is 11.3. The summed E-state index contributed by atoms with van der Waals surface area (Å²) in [5.74, 6) is -0.545. The van der Waals surface area contributed by atoms with Crippen molar-refractivity contribution in [3.8, 4) is 22.6 Å². The number of aromatic nitrogens is 5. The molecule has 10 nitrogen and oxygen atoms in total. The molecule has 5 rings (SSSR count). The molecule has 0 saturated heterocycles. The normalized spacial score (nSPS) is 11.0. The first kappa shape index (κ1) is 23.4. The lowest BCUT2D eigenvalue weighted by Crippen LogP contribution is -2.01. The van der Waals surface area contributed by atoms with Crippen LogP contribution >= 0.6 is 0 Å². The van der Waals surface area contributed by atoms with E-state index in [1.807, 2.05) is 66.9 Å². The highest BCUT2D eigenvalue weighted by molar-refractivity contribution is 5.88. The van der Waals surface area contributed by atoms with Gasteiger partial charge in [-0.05, 0) is 30.3 Å². The second-order valence-electron chi connectivity index (χ2n) is 7.95. The van der Waals surface area contributed by atoms with Gasteiger partial charge in [0.1, 0.15) is 12.3 Å². The first-order chi connectivity index (χ1) is 18.1. The predicted octanol–water partition coefficient (Wildman–Crippen LogP) is 4.78. The summed E-state index contributed by atoms with van der Waals surface area (Å²) in [6.45, 7) is -0.0784. The average Bonchev–Trinajstić information content (AvgIpc) is 3.59. The molecule has 0 spiro atoms. The number of nitrogens with zero attached hydrogens (tertiary/aromatic N) is 6. The van der Waals surface area contributed by atoms with E-state index in [4.69, 9.17) is 9.84 Å². The van der Waals surface area contributed by atoms with Gasteiger partial charge in [0.05, 0.1) is 28.2 Å². The molecule has 37 heavy (non-hydrogen) atoms. The zero-order valence-electron chi connectivity index (χ0n) is 19.4. The summed E-state index contributed by atoms with van der Waals surface area (Å²) in [6, 6.07) is 25.3. The number of carbonyl (C=O) groups is 1. The van der Waals surface area contributed by atoms with Gasteiger partial charge >= 0.3 is 5.97 Å². The zero-order valence-corrected chi connectivity index (χ0v) is 19.4. The molecule has 2 heterocycles. The van der Waals surface area contributed by atoms with E-state index < -0.39 is 10.9 Å². The smallest absolute Gasteiger partial charge is 0.331 e. The minimum absolute atomic E-state index is 0.0189. The van der Waals surface area contributed by atoms with Crippen molar-refractivity contribution in [2.75, 3.05) is 0 Å². The minimum Gasteiger partial charge on any atom is -0.456 e. The number of hydrogen-bond acceptors (Lipinski definition) is 7. The van der Waals surface area contributed by atoms with Crippen LogP contribution in [0.2, 0.25) is 0 Å². The number of rotatable bonds is 8. The quantitative estimate of drug-likeness (QED) is 0.132. The van der Waals surface area contributed by atoms with Gasteiger partial charge in [0.2, 0.25) is 0 Å². The summed E-state index contributed by atoms with van der Waals surface area (Å²) in [5.41, 5.74) is 4.33. The molecule has 0 unspecified atom stereocenters. The highest BCUT2D eigenvalue weighted by atomic mass is 16.6. The maximum atomic E-state index is 12.4. The fourth-order valence-electron chi connectivity index (χ4n) is 3.61. The Morgan fingerprint density at radius 2 is 1.57 bits per heavy atom. The van der Waals surface area contributed by atoms with Crippen LogP contribution in [0.3, 0.4) is 0 Å². The molecule has 2 aromatic heterocycles. The van der Waals surface area contributed by atoms with Crippen LogP contribution in [0.4, 0.5) is 5.69 Å². The molecular weight excluding hydrogens is 472 g/mol. The average molecular weight is 492 g/mol. The van der Waals surface area contributed by atoms with Gasteiger partial charge in [-0.3, -0.25) is 10.1 Å². The van der Waals surface area contributed by atoms with Gasteiger partial charge in [-0.1, -0.05) is 53.7 Å². The molecule has 0 aliphatic heterocycles. The Hall–Kier alpha value is -5.38. The minimum atomic E-state index is -0.545. The highest BCUT2D eigenvalue weighted by Crippen LogP contribution is 2.25. The van der Waals surface area contributed by atoms with Crippen LogP contribution in [-0.4, -0.2) is 35.7 Å². The molecule has 0 fully saturated rings. The number of hydrogen-bond donors (Lipinski definition) is 0. The molecule has 0 radical (unpaired) electrons. The van der Waals surface area contributed by atoms with E-state index in [-0.39, 0.29) is 12.3 Å². The Bertz CT molecular complexity index is 1560. The number of para-hydroxylation sites is 1. The second kappa shape index (κ2) is 10.5. The highest BCUT2D eigenvalue weighted by Gasteiger charge is 2.12. The summed E-state index contributed by atoms with van der Waals surface area (Å²) in [5, 5.41) is 23.5. The fourth-order valence-corrected chi connectivity index (χ4v) is 3.61. The van der Waals surface area contributed by atoms with Crippen LogP contribution in [0, 0.1) is 10.1 Å². The Morgan fingerprint density at radius 1 is 0.892 bits per heavy atom. The summed E-state index contributed by atoms with van der Waals surface area (Å²) < 4.78 is 8.55. The SMILES string of the molecule is O=C(/C=C/c1cn(-c2ccccc2)nc1-c1ccccc1)OCc1cn(-c2ccc([N+](=O)[O-])cc2)nn1. The van der Waals surface area contributed by atoms with Crippen LogP contribution in [0.15, 0.2) is 103 Å². The van der Waals surface area contributed by atoms with Crippen molar-refractivity contribution in [1.82, 2.24) is 24.8 Å². The molecular formula is C27H20N6O4. The van der Waals surface area contributed by atoms with Crippen molar-refractivity contribution in [1.29, 1.82) is 0 Å². The van der Waals surface area contributed by atoms with Crippen molar-refractivity contribution in [2.45, 2.75) is 6.61 Å². The van der Waals surface area contributed by atoms with Gasteiger partial charge in [0, 0.05) is 35.5 Å². The topological polar surface area (TPSA) is 118 Å². The van der Waals surface area contributed by atoms with Crippen molar-refractivity contribution in [2.24, 2.45) is 0 Å². The Kier molecular flexibility index (Phi) is 6.62. The van der Waals surface area contributed by atoms with E-state index in [0.717, 1.165) is 22.5 Å². The Morgan fingerprint density at radius 3 is 2.27 bits per heavy atom. The lowest BCUT2D eigenvalue weighted by atomic mass is 10.1. The molecule has 0 saturated carbocycles. The van der Waals surface area contributed by atoms with Gasteiger partial charge < -0.3 is 4.74 Å². The van der Waals surface area contributed by atoms with E-state index in [1.54, 1.807) is 29.1 Å². The molecule has 0 aliphatic carbocycles. The van der Waals surface area contributed by atoms with Crippen molar-refractivity contribution in [3.05, 3.63) is 125 Å². The van der Waals surface area contributed by atoms with E-state index in [2.05, 4.69) is 10.3 Å². The molecule has 10 heteroatoms. The van der Waals surface area contributed by atoms with Crippen molar-refractivity contribution < 1.29 is 14.5 Å². The Balaban J connectivity index is 1.28. The molecule has 182 valence electrons. The van der Waals surface area contributed by atoms with E-state index in [1.165, 1.54) is 22.9 Å². The summed E-state index contributed by atoms with van der Waals surface area (Å²) in [7, 11) is 0. The first-order valence-corrected chi connectivity index (χ1v) is 11.3. The molecule has 0 amide bonds. The number of non-ortho nitro benzene ring substituents is 1. The van der Waals surface area contributed by atoms with Gasteiger partial charge in [-0.15, -0.1) is 5.10 Å². The summed E-state index contributed by atoms with van der Waals surface area (Å²) >= 11 is 0. The monoisotopic (exact) mass is 492 g/mol. The van der Waals surface area contributed by atoms with E-state index in [0.29, 0.717) is 11.4 Å². The Labute approximate surface area is 211 Å². The van der Waals surface area contributed by atoms with E-state index >= 15 is 0 Å². The third-order valence-corrected chi connectivity index (χ3v) is 5.44. The summed E-state index contributed by atoms with van der Waals surface area (Å²) in [4.78, 5) is 22.8. The largest absolute Gasteiger partial charge is 0.456 e. The predicted molar refractivity (Wildman–Crippen MR) is 136 cm³/mol. The van der Waals surface area contributed by atoms with Crippen molar-refractivity contribution >= 4 is 17.7 Å². The molecule has 3 aromatic carbocycles. The van der Waals surface area contributed by atoms with Gasteiger partial charge in [-0.2, -0.15) is 5.10 Å². The van der Waals surface area contributed by atoms with Crippen LogP contribution < -0.4 is 0 Å². The number of carbonyl (C=O) groups excluding carboxylic acids is 1. The van der Waals surface area contributed by atoms with Crippen molar-refractivity contribution in [3.63, 3.8) is 0 Å². The number of ether oxygens (including phenoxy) is 1. The molecule has 0 N–H and O–H groups in total. The molecule has 5 aromatic rings.